The van der Waals surface area contributed by atoms with Crippen molar-refractivity contribution in [1.82, 2.24) is 10.2 Å². The van der Waals surface area contributed by atoms with Gasteiger partial charge in [0.15, 0.2) is 0 Å². The van der Waals surface area contributed by atoms with Crippen molar-refractivity contribution in [2.24, 2.45) is 5.92 Å². The molecular formula is C30H36ClN3O5S. The topological polar surface area (TPSA) is 96.0 Å². The molecule has 2 amide bonds. The third-order valence-electron chi connectivity index (χ3n) is 6.19. The minimum atomic E-state index is -4.19. The first-order valence-corrected chi connectivity index (χ1v) is 15.0. The molecule has 1 N–H and O–H groups in total. The number of benzene rings is 3. The van der Waals surface area contributed by atoms with Crippen LogP contribution < -0.4 is 14.4 Å². The predicted octanol–water partition coefficient (Wildman–Crippen LogP) is 5.12. The van der Waals surface area contributed by atoms with E-state index >= 15 is 0 Å². The number of hydrogen-bond donors (Lipinski definition) is 1. The maximum absolute atomic E-state index is 14.0. The standard InChI is InChI=1S/C30H36ClN3O5S/c1-5-39-28-18-12-11-17-27(28)34(40(37,38)25-14-7-6-8-15-25)21-29(35)33(20-24-13-9-10-16-26(24)31)23(4)30(36)32-19-22(2)3/h6-18,22-23H,5,19-21H2,1-4H3,(H,32,36)/t23-/m0/s1. The summed E-state index contributed by atoms with van der Waals surface area (Å²) in [4.78, 5) is 28.5. The fourth-order valence-electron chi connectivity index (χ4n) is 4.02. The molecule has 0 spiro atoms. The highest BCUT2D eigenvalue weighted by molar-refractivity contribution is 7.92. The van der Waals surface area contributed by atoms with E-state index in [4.69, 9.17) is 16.3 Å². The molecule has 0 radical (unpaired) electrons. The molecule has 0 aliphatic heterocycles. The van der Waals surface area contributed by atoms with E-state index in [0.717, 1.165) is 4.31 Å². The van der Waals surface area contributed by atoms with Crippen molar-refractivity contribution in [3.63, 3.8) is 0 Å². The average Bonchev–Trinajstić information content (AvgIpc) is 2.94. The summed E-state index contributed by atoms with van der Waals surface area (Å²) in [6.45, 7) is 7.55. The highest BCUT2D eigenvalue weighted by atomic mass is 35.5. The van der Waals surface area contributed by atoms with Crippen LogP contribution in [-0.2, 0) is 26.2 Å². The molecule has 0 aliphatic carbocycles. The van der Waals surface area contributed by atoms with Crippen molar-refractivity contribution in [1.29, 1.82) is 0 Å². The van der Waals surface area contributed by atoms with Gasteiger partial charge in [0.1, 0.15) is 18.3 Å². The number of rotatable bonds is 13. The number of sulfonamides is 1. The lowest BCUT2D eigenvalue weighted by Gasteiger charge is -2.32. The number of ether oxygens (including phenoxy) is 1. The lowest BCUT2D eigenvalue weighted by atomic mass is 10.1. The number of carbonyl (C=O) groups is 2. The maximum atomic E-state index is 14.0. The molecule has 3 aromatic carbocycles. The first-order chi connectivity index (χ1) is 19.1. The van der Waals surface area contributed by atoms with Crippen LogP contribution >= 0.6 is 11.6 Å². The molecule has 0 saturated heterocycles. The molecule has 214 valence electrons. The highest BCUT2D eigenvalue weighted by Crippen LogP contribution is 2.33. The van der Waals surface area contributed by atoms with Gasteiger partial charge in [-0.05, 0) is 55.7 Å². The van der Waals surface area contributed by atoms with Gasteiger partial charge in [-0.3, -0.25) is 13.9 Å². The van der Waals surface area contributed by atoms with Crippen molar-refractivity contribution in [2.45, 2.75) is 45.2 Å². The molecule has 10 heteroatoms. The Morgan fingerprint density at radius 3 is 2.20 bits per heavy atom. The van der Waals surface area contributed by atoms with Gasteiger partial charge in [0.05, 0.1) is 17.2 Å². The minimum absolute atomic E-state index is 0.0150. The fraction of sp³-hybridized carbons (Fsp3) is 0.333. The van der Waals surface area contributed by atoms with Gasteiger partial charge in [0.25, 0.3) is 10.0 Å². The zero-order chi connectivity index (χ0) is 29.3. The monoisotopic (exact) mass is 585 g/mol. The van der Waals surface area contributed by atoms with Gasteiger partial charge in [-0.2, -0.15) is 0 Å². The number of para-hydroxylation sites is 2. The number of halogens is 1. The molecule has 0 aliphatic rings. The van der Waals surface area contributed by atoms with Crippen LogP contribution in [0, 0.1) is 5.92 Å². The number of nitrogens with zero attached hydrogens (tertiary/aromatic N) is 2. The number of anilines is 1. The van der Waals surface area contributed by atoms with Crippen LogP contribution in [-0.4, -0.2) is 50.9 Å². The second-order valence-corrected chi connectivity index (χ2v) is 11.9. The average molecular weight is 586 g/mol. The summed E-state index contributed by atoms with van der Waals surface area (Å²) < 4.78 is 34.6. The van der Waals surface area contributed by atoms with Gasteiger partial charge in [0.2, 0.25) is 11.8 Å². The summed E-state index contributed by atoms with van der Waals surface area (Å²) in [5.41, 5.74) is 0.851. The zero-order valence-electron chi connectivity index (χ0n) is 23.2. The van der Waals surface area contributed by atoms with Gasteiger partial charge in [-0.25, -0.2) is 8.42 Å². The molecular weight excluding hydrogens is 550 g/mol. The van der Waals surface area contributed by atoms with Gasteiger partial charge in [0, 0.05) is 18.1 Å². The Hall–Kier alpha value is -3.56. The van der Waals surface area contributed by atoms with Crippen LogP contribution in [0.3, 0.4) is 0 Å². The van der Waals surface area contributed by atoms with Crippen LogP contribution in [0.1, 0.15) is 33.3 Å². The second-order valence-electron chi connectivity index (χ2n) is 9.65. The van der Waals surface area contributed by atoms with Gasteiger partial charge in [-0.15, -0.1) is 0 Å². The van der Waals surface area contributed by atoms with Crippen molar-refractivity contribution >= 4 is 39.1 Å². The van der Waals surface area contributed by atoms with E-state index in [1.807, 2.05) is 13.8 Å². The van der Waals surface area contributed by atoms with Crippen LogP contribution in [0.15, 0.2) is 83.8 Å². The Morgan fingerprint density at radius 2 is 1.55 bits per heavy atom. The summed E-state index contributed by atoms with van der Waals surface area (Å²) in [5.74, 6) is -0.387. The maximum Gasteiger partial charge on any atom is 0.264 e. The SMILES string of the molecule is CCOc1ccccc1N(CC(=O)N(Cc1ccccc1Cl)[C@@H](C)C(=O)NCC(C)C)S(=O)(=O)c1ccccc1. The molecule has 3 rings (SSSR count). The van der Waals surface area contributed by atoms with E-state index in [-0.39, 0.29) is 29.0 Å². The van der Waals surface area contributed by atoms with E-state index in [9.17, 15) is 18.0 Å². The summed E-state index contributed by atoms with van der Waals surface area (Å²) >= 11 is 6.41. The first-order valence-electron chi connectivity index (χ1n) is 13.2. The largest absolute Gasteiger partial charge is 0.492 e. The Balaban J connectivity index is 2.06. The van der Waals surface area contributed by atoms with Gasteiger partial charge in [-0.1, -0.05) is 74.0 Å². The summed E-state index contributed by atoms with van der Waals surface area (Å²) in [6, 6.07) is 20.7. The van der Waals surface area contributed by atoms with E-state index < -0.39 is 28.5 Å². The van der Waals surface area contributed by atoms with E-state index in [1.165, 1.54) is 17.0 Å². The van der Waals surface area contributed by atoms with Gasteiger partial charge < -0.3 is 15.0 Å². The molecule has 0 saturated carbocycles. The van der Waals surface area contributed by atoms with E-state index in [0.29, 0.717) is 29.5 Å². The number of amides is 2. The third kappa shape index (κ3) is 7.76. The molecule has 3 aromatic rings. The van der Waals surface area contributed by atoms with Crippen LogP contribution in [0.5, 0.6) is 5.75 Å². The van der Waals surface area contributed by atoms with Crippen molar-refractivity contribution in [3.05, 3.63) is 89.4 Å². The lowest BCUT2D eigenvalue weighted by Crippen LogP contribution is -2.51. The highest BCUT2D eigenvalue weighted by Gasteiger charge is 2.34. The summed E-state index contributed by atoms with van der Waals surface area (Å²) in [6.07, 6.45) is 0. The number of hydrogen-bond acceptors (Lipinski definition) is 5. The number of nitrogens with one attached hydrogen (secondary N) is 1. The summed E-state index contributed by atoms with van der Waals surface area (Å²) in [5, 5.41) is 3.30. The Bertz CT molecular complexity index is 1400. The molecule has 0 bridgehead atoms. The van der Waals surface area contributed by atoms with Crippen LogP contribution in [0.4, 0.5) is 5.69 Å². The quantitative estimate of drug-likeness (QED) is 0.300. The molecule has 0 aromatic heterocycles. The summed E-state index contributed by atoms with van der Waals surface area (Å²) in [7, 11) is -4.19. The smallest absolute Gasteiger partial charge is 0.264 e. The van der Waals surface area contributed by atoms with Crippen molar-refractivity contribution in [3.8, 4) is 5.75 Å². The Kier molecular flexibility index (Phi) is 11.0. The molecule has 0 heterocycles. The Labute approximate surface area is 241 Å². The van der Waals surface area contributed by atoms with Crippen molar-refractivity contribution < 1.29 is 22.7 Å². The lowest BCUT2D eigenvalue weighted by molar-refractivity contribution is -0.139. The molecule has 0 unspecified atom stereocenters. The van der Waals surface area contributed by atoms with E-state index in [1.54, 1.807) is 80.6 Å². The first kappa shape index (κ1) is 31.0. The molecule has 40 heavy (non-hydrogen) atoms. The molecule has 8 nitrogen and oxygen atoms in total. The predicted molar refractivity (Wildman–Crippen MR) is 158 cm³/mol. The molecule has 1 atom stereocenters. The third-order valence-corrected chi connectivity index (χ3v) is 8.34. The fourth-order valence-corrected chi connectivity index (χ4v) is 5.66. The molecule has 0 fully saturated rings. The van der Waals surface area contributed by atoms with Crippen molar-refractivity contribution in [2.75, 3.05) is 24.0 Å². The van der Waals surface area contributed by atoms with Gasteiger partial charge >= 0.3 is 0 Å². The van der Waals surface area contributed by atoms with E-state index in [2.05, 4.69) is 5.32 Å². The van der Waals surface area contributed by atoms with Crippen LogP contribution in [0.2, 0.25) is 5.02 Å². The zero-order valence-corrected chi connectivity index (χ0v) is 24.8. The normalized spacial score (nSPS) is 12.1. The number of carbonyl (C=O) groups excluding carboxylic acids is 2. The van der Waals surface area contributed by atoms with Crippen LogP contribution in [0.25, 0.3) is 0 Å². The Morgan fingerprint density at radius 1 is 0.925 bits per heavy atom. The second kappa shape index (κ2) is 14.2. The minimum Gasteiger partial charge on any atom is -0.492 e.